The maximum Gasteiger partial charge on any atom is 0.317 e. The molecule has 19 heavy (non-hydrogen) atoms. The van der Waals surface area contributed by atoms with E-state index in [4.69, 9.17) is 0 Å². The van der Waals surface area contributed by atoms with Gasteiger partial charge in [0.15, 0.2) is 5.78 Å². The Balaban J connectivity index is 2.88. The normalized spacial score (nSPS) is 11.7. The molecule has 1 atom stereocenters. The fourth-order valence-corrected chi connectivity index (χ4v) is 1.75. The van der Waals surface area contributed by atoms with E-state index in [0.29, 0.717) is 18.4 Å². The summed E-state index contributed by atoms with van der Waals surface area (Å²) in [7, 11) is 1.21. The number of esters is 1. The lowest BCUT2D eigenvalue weighted by atomic mass is 9.92. The third-order valence-corrected chi connectivity index (χ3v) is 2.73. The zero-order valence-electron chi connectivity index (χ0n) is 11.1. The molecule has 0 aromatic carbocycles. The second kappa shape index (κ2) is 7.41. The van der Waals surface area contributed by atoms with Crippen LogP contribution < -0.4 is 0 Å². The van der Waals surface area contributed by atoms with Crippen molar-refractivity contribution in [2.24, 2.45) is 5.92 Å². The molecule has 0 amide bonds. The lowest BCUT2D eigenvalue weighted by Crippen LogP contribution is -2.28. The molecule has 1 aromatic rings. The Bertz CT molecular complexity index is 456. The van der Waals surface area contributed by atoms with Crippen molar-refractivity contribution in [2.45, 2.75) is 26.2 Å². The van der Waals surface area contributed by atoms with E-state index in [2.05, 4.69) is 9.72 Å². The number of carbonyl (C=O) groups excluding carboxylic acids is 3. The molecule has 5 nitrogen and oxygen atoms in total. The molecule has 0 fully saturated rings. The Morgan fingerprint density at radius 2 is 1.89 bits per heavy atom. The van der Waals surface area contributed by atoms with Crippen molar-refractivity contribution < 1.29 is 19.1 Å². The van der Waals surface area contributed by atoms with E-state index in [1.54, 1.807) is 0 Å². The van der Waals surface area contributed by atoms with Crippen LogP contribution >= 0.6 is 0 Å². The summed E-state index contributed by atoms with van der Waals surface area (Å²) in [4.78, 5) is 39.3. The van der Waals surface area contributed by atoms with E-state index >= 15 is 0 Å². The van der Waals surface area contributed by atoms with Crippen LogP contribution in [0.15, 0.2) is 24.5 Å². The molecule has 1 unspecified atom stereocenters. The van der Waals surface area contributed by atoms with Crippen molar-refractivity contribution in [2.75, 3.05) is 7.11 Å². The summed E-state index contributed by atoms with van der Waals surface area (Å²) in [5.41, 5.74) is 0.356. The van der Waals surface area contributed by atoms with E-state index in [9.17, 15) is 14.4 Å². The third kappa shape index (κ3) is 4.28. The molecule has 0 N–H and O–H groups in total. The number of carbonyl (C=O) groups is 3. The van der Waals surface area contributed by atoms with Crippen LogP contribution in [0.4, 0.5) is 0 Å². The first-order valence-electron chi connectivity index (χ1n) is 6.13. The van der Waals surface area contributed by atoms with Gasteiger partial charge in [-0.05, 0) is 18.6 Å². The van der Waals surface area contributed by atoms with Crippen LogP contribution in [-0.4, -0.2) is 29.6 Å². The minimum absolute atomic E-state index is 0.109. The predicted molar refractivity (Wildman–Crippen MR) is 68.6 cm³/mol. The molecular formula is C14H17NO4. The zero-order valence-corrected chi connectivity index (χ0v) is 11.1. The van der Waals surface area contributed by atoms with Crippen molar-refractivity contribution in [3.05, 3.63) is 30.1 Å². The van der Waals surface area contributed by atoms with Crippen molar-refractivity contribution in [3.8, 4) is 0 Å². The second-order valence-electron chi connectivity index (χ2n) is 4.17. The first-order valence-corrected chi connectivity index (χ1v) is 6.13. The number of rotatable bonds is 7. The number of Topliss-reactive ketones (excluding diaryl/α,β-unsaturated/α-hetero) is 2. The van der Waals surface area contributed by atoms with Gasteiger partial charge in [-0.1, -0.05) is 6.92 Å². The highest BCUT2D eigenvalue weighted by atomic mass is 16.5. The molecular weight excluding hydrogens is 246 g/mol. The molecule has 102 valence electrons. The minimum Gasteiger partial charge on any atom is -0.468 e. The van der Waals surface area contributed by atoms with Gasteiger partial charge in [0, 0.05) is 30.8 Å². The Morgan fingerprint density at radius 3 is 2.42 bits per heavy atom. The van der Waals surface area contributed by atoms with Crippen molar-refractivity contribution >= 4 is 17.5 Å². The highest BCUT2D eigenvalue weighted by Gasteiger charge is 2.30. The van der Waals surface area contributed by atoms with Gasteiger partial charge in [0.1, 0.15) is 11.7 Å². The van der Waals surface area contributed by atoms with Crippen LogP contribution in [0.2, 0.25) is 0 Å². The quantitative estimate of drug-likeness (QED) is 0.426. The molecule has 0 radical (unpaired) electrons. The Morgan fingerprint density at radius 1 is 1.26 bits per heavy atom. The molecule has 0 aliphatic heterocycles. The highest BCUT2D eigenvalue weighted by molar-refractivity contribution is 6.10. The number of ketones is 2. The number of nitrogens with zero attached hydrogens (tertiary/aromatic N) is 1. The summed E-state index contributed by atoms with van der Waals surface area (Å²) in [6, 6.07) is 3.03. The Hall–Kier alpha value is -2.04. The fraction of sp³-hybridized carbons (Fsp3) is 0.429. The molecule has 0 spiro atoms. The van der Waals surface area contributed by atoms with Crippen LogP contribution in [0.25, 0.3) is 0 Å². The Kier molecular flexibility index (Phi) is 5.85. The molecule has 1 rings (SSSR count). The first kappa shape index (κ1) is 15.0. The van der Waals surface area contributed by atoms with Crippen LogP contribution in [0, 0.1) is 5.92 Å². The Labute approximate surface area is 112 Å². The van der Waals surface area contributed by atoms with E-state index in [0.717, 1.165) is 0 Å². The molecule has 5 heteroatoms. The lowest BCUT2D eigenvalue weighted by molar-refractivity contribution is -0.145. The molecule has 0 bridgehead atoms. The molecule has 1 aromatic heterocycles. The zero-order chi connectivity index (χ0) is 14.3. The fourth-order valence-electron chi connectivity index (χ4n) is 1.75. The van der Waals surface area contributed by atoms with Gasteiger partial charge in [-0.25, -0.2) is 0 Å². The van der Waals surface area contributed by atoms with Gasteiger partial charge in [-0.15, -0.1) is 0 Å². The number of pyridine rings is 1. The number of hydrogen-bond donors (Lipinski definition) is 0. The lowest BCUT2D eigenvalue weighted by Gasteiger charge is -2.12. The summed E-state index contributed by atoms with van der Waals surface area (Å²) < 4.78 is 4.61. The summed E-state index contributed by atoms with van der Waals surface area (Å²) in [6.07, 6.45) is 3.87. The van der Waals surface area contributed by atoms with Crippen molar-refractivity contribution in [1.82, 2.24) is 4.98 Å². The van der Waals surface area contributed by atoms with Gasteiger partial charge in [-0.2, -0.15) is 0 Å². The summed E-state index contributed by atoms with van der Waals surface area (Å²) in [6.45, 7) is 1.87. The molecule has 0 aliphatic carbocycles. The van der Waals surface area contributed by atoms with Crippen molar-refractivity contribution in [3.63, 3.8) is 0 Å². The average molecular weight is 263 g/mol. The first-order chi connectivity index (χ1) is 9.10. The van der Waals surface area contributed by atoms with Crippen molar-refractivity contribution in [1.29, 1.82) is 0 Å². The average Bonchev–Trinajstić information content (AvgIpc) is 2.44. The van der Waals surface area contributed by atoms with E-state index in [-0.39, 0.29) is 12.2 Å². The van der Waals surface area contributed by atoms with Crippen LogP contribution in [0.5, 0.6) is 0 Å². The van der Waals surface area contributed by atoms with Gasteiger partial charge >= 0.3 is 5.97 Å². The smallest absolute Gasteiger partial charge is 0.317 e. The van der Waals surface area contributed by atoms with Gasteiger partial charge < -0.3 is 4.74 Å². The van der Waals surface area contributed by atoms with E-state index in [1.165, 1.54) is 31.6 Å². The van der Waals surface area contributed by atoms with Crippen LogP contribution in [0.1, 0.15) is 36.5 Å². The largest absolute Gasteiger partial charge is 0.468 e. The van der Waals surface area contributed by atoms with Crippen LogP contribution in [-0.2, 0) is 14.3 Å². The summed E-state index contributed by atoms with van der Waals surface area (Å²) in [5, 5.41) is 0. The molecule has 0 saturated carbocycles. The maximum atomic E-state index is 12.2. The minimum atomic E-state index is -1.06. The van der Waals surface area contributed by atoms with Gasteiger partial charge in [0.25, 0.3) is 0 Å². The molecule has 1 heterocycles. The van der Waals surface area contributed by atoms with Crippen LogP contribution in [0.3, 0.4) is 0 Å². The van der Waals surface area contributed by atoms with E-state index in [1.807, 2.05) is 6.92 Å². The predicted octanol–water partition coefficient (Wildman–Crippen LogP) is 1.81. The van der Waals surface area contributed by atoms with Gasteiger partial charge in [-0.3, -0.25) is 19.4 Å². The van der Waals surface area contributed by atoms with E-state index < -0.39 is 17.7 Å². The maximum absolute atomic E-state index is 12.2. The number of hydrogen-bond acceptors (Lipinski definition) is 5. The topological polar surface area (TPSA) is 73.3 Å². The molecule has 0 aliphatic rings. The van der Waals surface area contributed by atoms with Gasteiger partial charge in [0.05, 0.1) is 7.11 Å². The number of ether oxygens (including phenoxy) is 1. The molecule has 0 saturated heterocycles. The number of methoxy groups -OCH3 is 1. The highest BCUT2D eigenvalue weighted by Crippen LogP contribution is 2.15. The second-order valence-corrected chi connectivity index (χ2v) is 4.17. The number of aromatic nitrogens is 1. The standard InChI is InChI=1S/C14H17NO4/c1-3-4-11(16)9-12(14(18)19-2)13(17)10-5-7-15-8-6-10/h5-8,12H,3-4,9H2,1-2H3. The monoisotopic (exact) mass is 263 g/mol. The summed E-state index contributed by atoms with van der Waals surface area (Å²) >= 11 is 0. The third-order valence-electron chi connectivity index (χ3n) is 2.73. The van der Waals surface area contributed by atoms with Gasteiger partial charge in [0.2, 0.25) is 0 Å². The SMILES string of the molecule is CCCC(=O)CC(C(=O)OC)C(=O)c1ccncc1. The summed E-state index contributed by atoms with van der Waals surface area (Å²) in [5.74, 6) is -2.25.